The van der Waals surface area contributed by atoms with Crippen LogP contribution in [0.3, 0.4) is 0 Å². The van der Waals surface area contributed by atoms with E-state index in [0.29, 0.717) is 0 Å². The van der Waals surface area contributed by atoms with E-state index < -0.39 is 30.3 Å². The maximum absolute atomic E-state index is 15.1. The van der Waals surface area contributed by atoms with Crippen molar-refractivity contribution < 1.29 is 18.7 Å². The number of rotatable bonds is 6. The molecule has 0 spiro atoms. The van der Waals surface area contributed by atoms with Gasteiger partial charge in [0.05, 0.1) is 12.3 Å². The number of hydrogen-bond acceptors (Lipinski definition) is 2. The Bertz CT molecular complexity index is 787. The molecule has 0 amide bonds. The summed E-state index contributed by atoms with van der Waals surface area (Å²) >= 11 is 0. The lowest BCUT2D eigenvalue weighted by Gasteiger charge is -2.51. The van der Waals surface area contributed by atoms with Crippen molar-refractivity contribution in [3.05, 3.63) is 47.5 Å². The number of carboxylic acid groups (broad SMARTS) is 1. The Hall–Kier alpha value is -1.75. The third-order valence-electron chi connectivity index (χ3n) is 6.37. The van der Waals surface area contributed by atoms with E-state index >= 15 is 8.78 Å². The van der Waals surface area contributed by atoms with Crippen LogP contribution in [0.4, 0.5) is 8.78 Å². The number of alkyl halides is 2. The van der Waals surface area contributed by atoms with Gasteiger partial charge in [0.2, 0.25) is 0 Å². The Morgan fingerprint density at radius 1 is 1.19 bits per heavy atom. The van der Waals surface area contributed by atoms with Crippen molar-refractivity contribution in [1.82, 2.24) is 4.90 Å². The van der Waals surface area contributed by atoms with E-state index in [4.69, 9.17) is 0 Å². The standard InChI is InChI=1S/C26H39F2NO2/c1-17-9-11-19(12-10-17)23-20(15-22(30)31)26(27,28)13-14-29(23)21(16-24(3,4)5)18(2)25(6,7)8/h9-12,20-21,23H,2,13-16H2,1,3-8H3,(H,30,31)/t20-,21+,23-/m1/s1. The van der Waals surface area contributed by atoms with Gasteiger partial charge in [0.25, 0.3) is 5.92 Å². The van der Waals surface area contributed by atoms with Crippen molar-refractivity contribution in [2.24, 2.45) is 16.7 Å². The average Bonchev–Trinajstić information content (AvgIpc) is 2.60. The highest BCUT2D eigenvalue weighted by molar-refractivity contribution is 5.67. The molecule has 1 aliphatic rings. The Balaban J connectivity index is 2.64. The van der Waals surface area contributed by atoms with Gasteiger partial charge in [0.1, 0.15) is 0 Å². The zero-order chi connectivity index (χ0) is 23.8. The van der Waals surface area contributed by atoms with Crippen LogP contribution in [0.2, 0.25) is 0 Å². The van der Waals surface area contributed by atoms with Gasteiger partial charge in [-0.25, -0.2) is 8.78 Å². The van der Waals surface area contributed by atoms with Crippen molar-refractivity contribution in [2.45, 2.75) is 85.7 Å². The molecule has 1 N–H and O–H groups in total. The largest absolute Gasteiger partial charge is 0.481 e. The molecule has 174 valence electrons. The van der Waals surface area contributed by atoms with E-state index in [1.807, 2.05) is 31.2 Å². The van der Waals surface area contributed by atoms with Gasteiger partial charge in [-0.05, 0) is 29.7 Å². The molecule has 0 bridgehead atoms. The minimum Gasteiger partial charge on any atom is -0.481 e. The fraction of sp³-hybridized carbons (Fsp3) is 0.654. The van der Waals surface area contributed by atoms with Gasteiger partial charge in [-0.2, -0.15) is 0 Å². The fourth-order valence-electron chi connectivity index (χ4n) is 4.57. The molecule has 1 aromatic carbocycles. The first-order valence-electron chi connectivity index (χ1n) is 11.1. The zero-order valence-corrected chi connectivity index (χ0v) is 20.1. The predicted octanol–water partition coefficient (Wildman–Crippen LogP) is 6.88. The summed E-state index contributed by atoms with van der Waals surface area (Å²) in [6.45, 7) is 19.3. The van der Waals surface area contributed by atoms with E-state index in [9.17, 15) is 9.90 Å². The molecule has 3 atom stereocenters. The lowest BCUT2D eigenvalue weighted by Crippen LogP contribution is -2.55. The highest BCUT2D eigenvalue weighted by Gasteiger charge is 2.53. The Kier molecular flexibility index (Phi) is 7.41. The van der Waals surface area contributed by atoms with Crippen LogP contribution in [-0.4, -0.2) is 34.5 Å². The molecule has 5 heteroatoms. The third kappa shape index (κ3) is 6.38. The first kappa shape index (κ1) is 25.5. The second-order valence-corrected chi connectivity index (χ2v) is 11.4. The minimum atomic E-state index is -3.04. The summed E-state index contributed by atoms with van der Waals surface area (Å²) in [6.07, 6.45) is -0.144. The number of halogens is 2. The lowest BCUT2D eigenvalue weighted by molar-refractivity contribution is -0.162. The highest BCUT2D eigenvalue weighted by atomic mass is 19.3. The van der Waals surface area contributed by atoms with Crippen molar-refractivity contribution in [2.75, 3.05) is 6.54 Å². The van der Waals surface area contributed by atoms with Crippen molar-refractivity contribution in [3.63, 3.8) is 0 Å². The van der Waals surface area contributed by atoms with Crippen LogP contribution >= 0.6 is 0 Å². The third-order valence-corrected chi connectivity index (χ3v) is 6.37. The minimum absolute atomic E-state index is 0.0427. The topological polar surface area (TPSA) is 40.5 Å². The molecule has 0 aromatic heterocycles. The number of carboxylic acids is 1. The molecule has 0 saturated carbocycles. The zero-order valence-electron chi connectivity index (χ0n) is 20.1. The van der Waals surface area contributed by atoms with Crippen LogP contribution in [0, 0.1) is 23.7 Å². The van der Waals surface area contributed by atoms with E-state index in [2.05, 4.69) is 53.0 Å². The molecule has 0 unspecified atom stereocenters. The summed E-state index contributed by atoms with van der Waals surface area (Å²) in [4.78, 5) is 13.7. The molecule has 0 aliphatic carbocycles. The van der Waals surface area contributed by atoms with Crippen LogP contribution < -0.4 is 0 Å². The smallest absolute Gasteiger partial charge is 0.303 e. The summed E-state index contributed by atoms with van der Waals surface area (Å²) in [5.41, 5.74) is 2.54. The SMILES string of the molecule is C=C([C@H](CC(C)(C)C)N1CCC(F)(F)[C@H](CC(=O)O)[C@H]1c1ccc(C)cc1)C(C)(C)C. The van der Waals surface area contributed by atoms with Gasteiger partial charge < -0.3 is 5.11 Å². The molecule has 1 aromatic rings. The molecule has 31 heavy (non-hydrogen) atoms. The first-order valence-corrected chi connectivity index (χ1v) is 11.1. The number of piperidine rings is 1. The van der Waals surface area contributed by atoms with Crippen molar-refractivity contribution >= 4 is 5.97 Å². The molecule has 2 rings (SSSR count). The molecule has 1 heterocycles. The van der Waals surface area contributed by atoms with E-state index in [0.717, 1.165) is 23.1 Å². The van der Waals surface area contributed by atoms with Crippen LogP contribution in [0.1, 0.15) is 78.0 Å². The van der Waals surface area contributed by atoms with E-state index in [1.165, 1.54) is 0 Å². The monoisotopic (exact) mass is 435 g/mol. The number of carbonyl (C=O) groups is 1. The number of benzene rings is 1. The molecule has 1 saturated heterocycles. The van der Waals surface area contributed by atoms with Gasteiger partial charge >= 0.3 is 5.97 Å². The summed E-state index contributed by atoms with van der Waals surface area (Å²) in [5.74, 6) is -5.53. The molecule has 0 radical (unpaired) electrons. The van der Waals surface area contributed by atoms with Crippen molar-refractivity contribution in [3.8, 4) is 0 Å². The first-order chi connectivity index (χ1) is 14.0. The van der Waals surface area contributed by atoms with E-state index in [-0.39, 0.29) is 29.8 Å². The van der Waals surface area contributed by atoms with Gasteiger partial charge in [0.15, 0.2) is 0 Å². The van der Waals surface area contributed by atoms with Crippen LogP contribution in [0.15, 0.2) is 36.4 Å². The van der Waals surface area contributed by atoms with Crippen LogP contribution in [-0.2, 0) is 4.79 Å². The second kappa shape index (κ2) is 9.01. The quantitative estimate of drug-likeness (QED) is 0.495. The summed E-state index contributed by atoms with van der Waals surface area (Å²) in [7, 11) is 0. The summed E-state index contributed by atoms with van der Waals surface area (Å²) in [5, 5.41) is 9.49. The van der Waals surface area contributed by atoms with E-state index in [1.54, 1.807) is 0 Å². The number of aliphatic carboxylic acids is 1. The number of aryl methyl sites for hydroxylation is 1. The average molecular weight is 436 g/mol. The molecular weight excluding hydrogens is 396 g/mol. The highest BCUT2D eigenvalue weighted by Crippen LogP contribution is 2.50. The second-order valence-electron chi connectivity index (χ2n) is 11.4. The predicted molar refractivity (Wildman–Crippen MR) is 122 cm³/mol. The Labute approximate surface area is 186 Å². The van der Waals surface area contributed by atoms with Gasteiger partial charge in [-0.3, -0.25) is 9.69 Å². The van der Waals surface area contributed by atoms with Gasteiger partial charge in [-0.1, -0.05) is 83.5 Å². The maximum Gasteiger partial charge on any atom is 0.303 e. The molecular formula is C26H39F2NO2. The number of likely N-dealkylation sites (tertiary alicyclic amines) is 1. The normalized spacial score (nSPS) is 23.4. The maximum atomic E-state index is 15.1. The summed E-state index contributed by atoms with van der Waals surface area (Å²) in [6, 6.07) is 6.75. The fourth-order valence-corrected chi connectivity index (χ4v) is 4.57. The number of hydrogen-bond donors (Lipinski definition) is 1. The van der Waals surface area contributed by atoms with Crippen molar-refractivity contribution in [1.29, 1.82) is 0 Å². The Morgan fingerprint density at radius 2 is 1.74 bits per heavy atom. The molecule has 1 aliphatic heterocycles. The number of nitrogens with zero attached hydrogens (tertiary/aromatic N) is 1. The molecule has 3 nitrogen and oxygen atoms in total. The van der Waals surface area contributed by atoms with Gasteiger partial charge in [-0.15, -0.1) is 0 Å². The summed E-state index contributed by atoms with van der Waals surface area (Å²) < 4.78 is 30.3. The van der Waals surface area contributed by atoms with Crippen LogP contribution in [0.5, 0.6) is 0 Å². The van der Waals surface area contributed by atoms with Gasteiger partial charge in [0, 0.05) is 25.0 Å². The Morgan fingerprint density at radius 3 is 2.19 bits per heavy atom. The van der Waals surface area contributed by atoms with Crippen LogP contribution in [0.25, 0.3) is 0 Å². The molecule has 1 fully saturated rings. The lowest BCUT2D eigenvalue weighted by atomic mass is 9.73.